The van der Waals surface area contributed by atoms with Gasteiger partial charge in [-0.25, -0.2) is 0 Å². The molecule has 0 saturated carbocycles. The Morgan fingerprint density at radius 1 is 1.55 bits per heavy atom. The van der Waals surface area contributed by atoms with E-state index in [-0.39, 0.29) is 5.76 Å². The second-order valence-electron chi connectivity index (χ2n) is 2.75. The summed E-state index contributed by atoms with van der Waals surface area (Å²) in [5.74, 6) is 0.601. The van der Waals surface area contributed by atoms with E-state index >= 15 is 0 Å². The van der Waals surface area contributed by atoms with Crippen molar-refractivity contribution in [3.63, 3.8) is 0 Å². The zero-order chi connectivity index (χ0) is 8.85. The molecule has 0 unspecified atom stereocenters. The number of hydrogen-bond donors (Lipinski definition) is 2. The van der Waals surface area contributed by atoms with Gasteiger partial charge in [0.05, 0.1) is 6.54 Å². The second kappa shape index (κ2) is 4.83. The molecule has 0 aromatic rings. The van der Waals surface area contributed by atoms with Crippen LogP contribution in [0.25, 0.3) is 0 Å². The Morgan fingerprint density at radius 3 is 2.45 bits per heavy atom. The molecule has 0 spiro atoms. The lowest BCUT2D eigenvalue weighted by atomic mass is 10.1. The first kappa shape index (κ1) is 10.1. The average Bonchev–Trinajstić information content (AvgIpc) is 1.98. The van der Waals surface area contributed by atoms with Crippen LogP contribution in [0.4, 0.5) is 0 Å². The van der Waals surface area contributed by atoms with E-state index in [1.165, 1.54) is 0 Å². The summed E-state index contributed by atoms with van der Waals surface area (Å²) in [6, 6.07) is 0. The molecule has 0 heterocycles. The fourth-order valence-electron chi connectivity index (χ4n) is 0.636. The zero-order valence-corrected chi connectivity index (χ0v) is 7.35. The molecule has 64 valence electrons. The van der Waals surface area contributed by atoms with Crippen molar-refractivity contribution in [3.05, 3.63) is 24.6 Å². The van der Waals surface area contributed by atoms with E-state index in [0.717, 1.165) is 12.1 Å². The lowest BCUT2D eigenvalue weighted by Crippen LogP contribution is -2.19. The summed E-state index contributed by atoms with van der Waals surface area (Å²) in [4.78, 5) is 0. The van der Waals surface area contributed by atoms with Crippen molar-refractivity contribution < 1.29 is 5.11 Å². The molecule has 0 aliphatic heterocycles. The minimum Gasteiger partial charge on any atom is -0.511 e. The maximum atomic E-state index is 8.76. The molecule has 0 aliphatic rings. The first-order valence-corrected chi connectivity index (χ1v) is 3.87. The Balaban J connectivity index is 3.60. The van der Waals surface area contributed by atoms with E-state index in [9.17, 15) is 0 Å². The molecule has 11 heavy (non-hydrogen) atoms. The molecule has 2 nitrogen and oxygen atoms in total. The highest BCUT2D eigenvalue weighted by molar-refractivity contribution is 4.99. The first-order chi connectivity index (χ1) is 5.07. The van der Waals surface area contributed by atoms with Gasteiger partial charge >= 0.3 is 0 Å². The fraction of sp³-hybridized carbons (Fsp3) is 0.556. The summed E-state index contributed by atoms with van der Waals surface area (Å²) in [5.41, 5.74) is 0.961. The quantitative estimate of drug-likeness (QED) is 0.596. The van der Waals surface area contributed by atoms with Crippen molar-refractivity contribution in [1.29, 1.82) is 0 Å². The Bertz CT molecular complexity index is 152. The maximum absolute atomic E-state index is 8.76. The third-order valence-electron chi connectivity index (χ3n) is 1.73. The van der Waals surface area contributed by atoms with Crippen LogP contribution >= 0.6 is 0 Å². The van der Waals surface area contributed by atoms with Gasteiger partial charge in [-0.15, -0.1) is 0 Å². The van der Waals surface area contributed by atoms with Crippen LogP contribution in [0.2, 0.25) is 0 Å². The van der Waals surface area contributed by atoms with Gasteiger partial charge in [0.1, 0.15) is 5.76 Å². The van der Waals surface area contributed by atoms with Crippen molar-refractivity contribution in [2.75, 3.05) is 6.54 Å². The minimum absolute atomic E-state index is 0.148. The number of aliphatic hydroxyl groups is 1. The van der Waals surface area contributed by atoms with Gasteiger partial charge in [0.15, 0.2) is 0 Å². The number of aliphatic hydroxyl groups excluding tert-OH is 1. The lowest BCUT2D eigenvalue weighted by molar-refractivity contribution is 0.393. The molecule has 0 amide bonds. The van der Waals surface area contributed by atoms with Gasteiger partial charge < -0.3 is 10.4 Å². The van der Waals surface area contributed by atoms with Crippen molar-refractivity contribution in [3.8, 4) is 0 Å². The number of nitrogens with one attached hydrogen (secondary N) is 1. The molecular weight excluding hydrogens is 138 g/mol. The van der Waals surface area contributed by atoms with Gasteiger partial charge in [-0.05, 0) is 12.3 Å². The predicted octanol–water partition coefficient (Wildman–Crippen LogP) is 2.21. The van der Waals surface area contributed by atoms with Crippen molar-refractivity contribution >= 4 is 0 Å². The first-order valence-electron chi connectivity index (χ1n) is 3.87. The van der Waals surface area contributed by atoms with Gasteiger partial charge in [0.25, 0.3) is 0 Å². The van der Waals surface area contributed by atoms with Crippen molar-refractivity contribution in [2.45, 2.75) is 20.3 Å². The highest BCUT2D eigenvalue weighted by Crippen LogP contribution is 2.08. The normalized spacial score (nSPS) is 12.2. The molecule has 0 fully saturated rings. The maximum Gasteiger partial charge on any atom is 0.104 e. The molecule has 0 aromatic carbocycles. The zero-order valence-electron chi connectivity index (χ0n) is 7.35. The molecule has 0 radical (unpaired) electrons. The van der Waals surface area contributed by atoms with Gasteiger partial charge in [-0.2, -0.15) is 0 Å². The summed E-state index contributed by atoms with van der Waals surface area (Å²) < 4.78 is 0. The molecule has 2 heteroatoms. The Morgan fingerprint density at radius 2 is 2.09 bits per heavy atom. The standard InChI is InChI=1S/C9H17NO/c1-5-7(2)9(4)10-6-8(3)11/h7,10-11H,3-6H2,1-2H3/t7-/m0/s1. The van der Waals surface area contributed by atoms with Crippen LogP contribution in [0.3, 0.4) is 0 Å². The van der Waals surface area contributed by atoms with Gasteiger partial charge in [-0.3, -0.25) is 0 Å². The van der Waals surface area contributed by atoms with Crippen LogP contribution in [0.1, 0.15) is 20.3 Å². The summed E-state index contributed by atoms with van der Waals surface area (Å²) in [6.45, 7) is 11.8. The van der Waals surface area contributed by atoms with Crippen LogP contribution in [0.5, 0.6) is 0 Å². The minimum atomic E-state index is 0.148. The summed E-state index contributed by atoms with van der Waals surface area (Å²) in [6.07, 6.45) is 1.06. The van der Waals surface area contributed by atoms with E-state index in [2.05, 4.69) is 32.3 Å². The monoisotopic (exact) mass is 155 g/mol. The topological polar surface area (TPSA) is 32.3 Å². The van der Waals surface area contributed by atoms with Gasteiger partial charge in [-0.1, -0.05) is 27.0 Å². The molecule has 0 rings (SSSR count). The highest BCUT2D eigenvalue weighted by Gasteiger charge is 2.02. The number of rotatable bonds is 5. The molecular formula is C9H17NO. The van der Waals surface area contributed by atoms with Crippen LogP contribution in [0, 0.1) is 5.92 Å². The van der Waals surface area contributed by atoms with E-state index in [1.54, 1.807) is 0 Å². The molecule has 0 aliphatic carbocycles. The van der Waals surface area contributed by atoms with E-state index in [1.807, 2.05) is 0 Å². The molecule has 0 aromatic heterocycles. The molecule has 1 atom stereocenters. The molecule has 0 bridgehead atoms. The van der Waals surface area contributed by atoms with Crippen molar-refractivity contribution in [1.82, 2.24) is 5.32 Å². The highest BCUT2D eigenvalue weighted by atomic mass is 16.3. The summed E-state index contributed by atoms with van der Waals surface area (Å²) in [5, 5.41) is 11.7. The largest absolute Gasteiger partial charge is 0.511 e. The Labute approximate surface area is 68.6 Å². The van der Waals surface area contributed by atoms with E-state index < -0.39 is 0 Å². The Hall–Kier alpha value is -0.920. The fourth-order valence-corrected chi connectivity index (χ4v) is 0.636. The predicted molar refractivity (Wildman–Crippen MR) is 48.4 cm³/mol. The number of allylic oxidation sites excluding steroid dienone is 1. The third-order valence-corrected chi connectivity index (χ3v) is 1.73. The average molecular weight is 155 g/mol. The second-order valence-corrected chi connectivity index (χ2v) is 2.75. The van der Waals surface area contributed by atoms with E-state index in [0.29, 0.717) is 12.5 Å². The Kier molecular flexibility index (Phi) is 4.42. The van der Waals surface area contributed by atoms with Crippen LogP contribution < -0.4 is 5.32 Å². The van der Waals surface area contributed by atoms with Gasteiger partial charge in [0, 0.05) is 5.70 Å². The van der Waals surface area contributed by atoms with Crippen LogP contribution in [-0.2, 0) is 0 Å². The molecule has 0 saturated heterocycles. The summed E-state index contributed by atoms with van der Waals surface area (Å²) in [7, 11) is 0. The van der Waals surface area contributed by atoms with Crippen LogP contribution in [0.15, 0.2) is 24.6 Å². The smallest absolute Gasteiger partial charge is 0.104 e. The SMILES string of the molecule is C=C(O)CNC(=C)[C@@H](C)CC. The van der Waals surface area contributed by atoms with Crippen molar-refractivity contribution in [2.24, 2.45) is 5.92 Å². The number of hydrogen-bond acceptors (Lipinski definition) is 2. The van der Waals surface area contributed by atoms with E-state index in [4.69, 9.17) is 5.11 Å². The molecule has 2 N–H and O–H groups in total. The lowest BCUT2D eigenvalue weighted by Gasteiger charge is -2.13. The third kappa shape index (κ3) is 4.48. The van der Waals surface area contributed by atoms with Crippen LogP contribution in [-0.4, -0.2) is 11.7 Å². The summed E-state index contributed by atoms with van der Waals surface area (Å²) >= 11 is 0. The van der Waals surface area contributed by atoms with Gasteiger partial charge in [0.2, 0.25) is 0 Å².